The predicted molar refractivity (Wildman–Crippen MR) is 63.1 cm³/mol. The molecular formula is C10H7BrN2S. The number of nitrogens with zero attached hydrogens (tertiary/aromatic N) is 2. The zero-order chi connectivity index (χ0) is 9.97. The largest absolute Gasteiger partial charge is 0.325 e. The molecule has 70 valence electrons. The van der Waals surface area contributed by atoms with Crippen molar-refractivity contribution in [3.05, 3.63) is 39.8 Å². The van der Waals surface area contributed by atoms with Gasteiger partial charge in [-0.05, 0) is 34.1 Å². The van der Waals surface area contributed by atoms with Crippen LogP contribution in [0.2, 0.25) is 0 Å². The molecule has 0 radical (unpaired) electrons. The third-order valence-electron chi connectivity index (χ3n) is 1.93. The average Bonchev–Trinajstić information content (AvgIpc) is 2.65. The van der Waals surface area contributed by atoms with E-state index in [0.29, 0.717) is 5.56 Å². The summed E-state index contributed by atoms with van der Waals surface area (Å²) in [5.74, 6) is 0.898. The molecule has 4 heteroatoms. The molecule has 1 aliphatic rings. The second kappa shape index (κ2) is 4.07. The molecule has 0 saturated heterocycles. The number of halogens is 1. The summed E-state index contributed by atoms with van der Waals surface area (Å²) in [5.41, 5.74) is 1.75. The topological polar surface area (TPSA) is 27.0 Å². The van der Waals surface area contributed by atoms with Crippen LogP contribution in [0.5, 0.6) is 0 Å². The van der Waals surface area contributed by atoms with Crippen LogP contribution in [0, 0.1) is 11.3 Å². The molecule has 0 atom stereocenters. The highest BCUT2D eigenvalue weighted by Crippen LogP contribution is 2.32. The van der Waals surface area contributed by atoms with Crippen LogP contribution in [0.1, 0.15) is 5.56 Å². The summed E-state index contributed by atoms with van der Waals surface area (Å²) in [6.45, 7) is 0. The van der Waals surface area contributed by atoms with Gasteiger partial charge in [0, 0.05) is 11.1 Å². The lowest BCUT2D eigenvalue weighted by atomic mass is 10.2. The Bertz CT molecular complexity index is 422. The Balaban J connectivity index is 2.33. The number of benzene rings is 1. The molecule has 0 aromatic heterocycles. The minimum atomic E-state index is 0.694. The van der Waals surface area contributed by atoms with E-state index in [0.717, 1.165) is 16.2 Å². The minimum Gasteiger partial charge on any atom is -0.325 e. The number of hydrogen-bond donors (Lipinski definition) is 0. The molecule has 1 aromatic carbocycles. The van der Waals surface area contributed by atoms with Crippen molar-refractivity contribution in [3.8, 4) is 6.07 Å². The maximum Gasteiger partial charge on any atom is 0.0992 e. The van der Waals surface area contributed by atoms with Gasteiger partial charge in [-0.15, -0.1) is 11.8 Å². The van der Waals surface area contributed by atoms with Gasteiger partial charge in [0.05, 0.1) is 22.1 Å². The summed E-state index contributed by atoms with van der Waals surface area (Å²) < 4.78 is 1.05. The second-order valence-corrected chi connectivity index (χ2v) is 4.47. The lowest BCUT2D eigenvalue weighted by Crippen LogP contribution is -2.14. The molecule has 1 aliphatic heterocycles. The maximum absolute atomic E-state index is 8.77. The van der Waals surface area contributed by atoms with Crippen LogP contribution in [0.4, 0.5) is 5.69 Å². The molecule has 0 fully saturated rings. The van der Waals surface area contributed by atoms with Gasteiger partial charge in [-0.25, -0.2) is 0 Å². The van der Waals surface area contributed by atoms with Crippen molar-refractivity contribution < 1.29 is 0 Å². The van der Waals surface area contributed by atoms with Crippen molar-refractivity contribution in [1.82, 2.24) is 0 Å². The summed E-state index contributed by atoms with van der Waals surface area (Å²) in [7, 11) is 0. The lowest BCUT2D eigenvalue weighted by Gasteiger charge is -2.17. The molecule has 0 amide bonds. The van der Waals surface area contributed by atoms with Crippen molar-refractivity contribution in [3.63, 3.8) is 0 Å². The number of nitriles is 1. The Morgan fingerprint density at radius 3 is 3.00 bits per heavy atom. The van der Waals surface area contributed by atoms with Crippen LogP contribution < -0.4 is 4.90 Å². The van der Waals surface area contributed by atoms with E-state index in [2.05, 4.69) is 32.3 Å². The molecular weight excluding hydrogens is 260 g/mol. The van der Waals surface area contributed by atoms with Crippen LogP contribution in [0.3, 0.4) is 0 Å². The van der Waals surface area contributed by atoms with Crippen LogP contribution in [0.25, 0.3) is 0 Å². The van der Waals surface area contributed by atoms with Crippen molar-refractivity contribution >= 4 is 33.4 Å². The van der Waals surface area contributed by atoms with Gasteiger partial charge in [-0.2, -0.15) is 5.26 Å². The van der Waals surface area contributed by atoms with Gasteiger partial charge in [0.15, 0.2) is 0 Å². The highest BCUT2D eigenvalue weighted by Gasteiger charge is 2.14. The third-order valence-corrected chi connectivity index (χ3v) is 3.69. The number of anilines is 1. The van der Waals surface area contributed by atoms with E-state index < -0.39 is 0 Å². The molecule has 0 spiro atoms. The van der Waals surface area contributed by atoms with Crippen LogP contribution in [-0.2, 0) is 0 Å². The Kier molecular flexibility index (Phi) is 2.80. The molecule has 1 heterocycles. The first-order valence-electron chi connectivity index (χ1n) is 4.06. The smallest absolute Gasteiger partial charge is 0.0992 e. The molecule has 0 aliphatic carbocycles. The molecule has 0 saturated carbocycles. The van der Waals surface area contributed by atoms with Crippen LogP contribution >= 0.6 is 27.7 Å². The van der Waals surface area contributed by atoms with Crippen molar-refractivity contribution in [2.45, 2.75) is 0 Å². The van der Waals surface area contributed by atoms with Crippen molar-refractivity contribution in [2.24, 2.45) is 0 Å². The first kappa shape index (κ1) is 9.63. The monoisotopic (exact) mass is 266 g/mol. The summed E-state index contributed by atoms with van der Waals surface area (Å²) in [5, 5.41) is 10.8. The highest BCUT2D eigenvalue weighted by molar-refractivity contribution is 9.12. The first-order valence-corrected chi connectivity index (χ1v) is 5.90. The van der Waals surface area contributed by atoms with Crippen LogP contribution in [0.15, 0.2) is 34.3 Å². The number of rotatable bonds is 1. The van der Waals surface area contributed by atoms with E-state index in [1.807, 2.05) is 24.3 Å². The Morgan fingerprint density at radius 2 is 2.36 bits per heavy atom. The summed E-state index contributed by atoms with van der Waals surface area (Å²) >= 11 is 5.20. The van der Waals surface area contributed by atoms with Gasteiger partial charge in [-0.3, -0.25) is 0 Å². The van der Waals surface area contributed by atoms with E-state index in [4.69, 9.17) is 5.26 Å². The second-order valence-electron chi connectivity index (χ2n) is 2.83. The van der Waals surface area contributed by atoms with Gasteiger partial charge in [0.25, 0.3) is 0 Å². The third kappa shape index (κ3) is 1.79. The molecule has 2 nitrogen and oxygen atoms in total. The van der Waals surface area contributed by atoms with Crippen molar-refractivity contribution in [2.75, 3.05) is 10.8 Å². The normalized spacial score (nSPS) is 15.1. The molecule has 1 aromatic rings. The fourth-order valence-corrected chi connectivity index (χ4v) is 2.92. The van der Waals surface area contributed by atoms with E-state index in [1.54, 1.807) is 11.8 Å². The number of thioether (sulfide) groups is 1. The number of hydrogen-bond acceptors (Lipinski definition) is 3. The lowest BCUT2D eigenvalue weighted by molar-refractivity contribution is 1.17. The standard InChI is InChI=1S/C10H7BrN2S/c11-10-6-14-7-13(10)9-3-1-2-8(4-9)5-12/h1-4,6H,7H2. The van der Waals surface area contributed by atoms with E-state index in [1.165, 1.54) is 0 Å². The molecule has 0 bridgehead atoms. The summed E-state index contributed by atoms with van der Waals surface area (Å²) in [6.07, 6.45) is 0. The predicted octanol–water partition coefficient (Wildman–Crippen LogP) is 3.26. The van der Waals surface area contributed by atoms with Gasteiger partial charge in [0.1, 0.15) is 0 Å². The first-order chi connectivity index (χ1) is 6.81. The van der Waals surface area contributed by atoms with Gasteiger partial charge < -0.3 is 4.90 Å². The van der Waals surface area contributed by atoms with Gasteiger partial charge in [0.2, 0.25) is 0 Å². The Hall–Kier alpha value is -0.920. The fourth-order valence-electron chi connectivity index (χ4n) is 1.25. The Morgan fingerprint density at radius 1 is 1.50 bits per heavy atom. The van der Waals surface area contributed by atoms with Crippen LogP contribution in [-0.4, -0.2) is 5.88 Å². The zero-order valence-corrected chi connectivity index (χ0v) is 9.68. The van der Waals surface area contributed by atoms with Crippen molar-refractivity contribution in [1.29, 1.82) is 5.26 Å². The van der Waals surface area contributed by atoms with E-state index in [9.17, 15) is 0 Å². The fraction of sp³-hybridized carbons (Fsp3) is 0.100. The highest BCUT2D eigenvalue weighted by atomic mass is 79.9. The summed E-state index contributed by atoms with van der Waals surface area (Å²) in [4.78, 5) is 2.12. The molecule has 0 unspecified atom stereocenters. The molecule has 2 rings (SSSR count). The minimum absolute atomic E-state index is 0.694. The maximum atomic E-state index is 8.77. The SMILES string of the molecule is N#Cc1cccc(N2CSC=C2Br)c1. The van der Waals surface area contributed by atoms with E-state index >= 15 is 0 Å². The Labute approximate surface area is 95.3 Å². The zero-order valence-electron chi connectivity index (χ0n) is 7.27. The van der Waals surface area contributed by atoms with Gasteiger partial charge >= 0.3 is 0 Å². The molecule has 0 N–H and O–H groups in total. The van der Waals surface area contributed by atoms with E-state index in [-0.39, 0.29) is 0 Å². The quantitative estimate of drug-likeness (QED) is 0.731. The van der Waals surface area contributed by atoms with Gasteiger partial charge in [-0.1, -0.05) is 6.07 Å². The summed E-state index contributed by atoms with van der Waals surface area (Å²) in [6, 6.07) is 9.74. The average molecular weight is 267 g/mol. The molecule has 14 heavy (non-hydrogen) atoms.